The van der Waals surface area contributed by atoms with Crippen molar-refractivity contribution in [2.75, 3.05) is 6.61 Å². The van der Waals surface area contributed by atoms with E-state index >= 15 is 0 Å². The number of nitrogens with two attached hydrogens (primary N) is 1. The number of carbonyl (C=O) groups is 3. The Labute approximate surface area is 135 Å². The molecule has 0 bridgehead atoms. The lowest BCUT2D eigenvalue weighted by Gasteiger charge is -2.38. The number of ether oxygens (including phenoxy) is 1. The van der Waals surface area contributed by atoms with Gasteiger partial charge in [-0.1, -0.05) is 0 Å². The fraction of sp³-hybridized carbons (Fsp3) is 0.471. The minimum absolute atomic E-state index is 0.166. The van der Waals surface area contributed by atoms with Crippen LogP contribution in [0.1, 0.15) is 53.8 Å². The highest BCUT2D eigenvalue weighted by atomic mass is 16.5. The molecule has 0 saturated carbocycles. The van der Waals surface area contributed by atoms with E-state index in [-0.39, 0.29) is 30.2 Å². The molecule has 2 amide bonds. The Morgan fingerprint density at radius 1 is 1.09 bits per heavy atom. The maximum Gasteiger partial charge on any atom is 0.338 e. The number of primary amides is 1. The van der Waals surface area contributed by atoms with Gasteiger partial charge in [0.1, 0.15) is 0 Å². The number of likely N-dealkylation sites (tertiary alicyclic amines) is 1. The molecule has 1 fully saturated rings. The van der Waals surface area contributed by atoms with Gasteiger partial charge < -0.3 is 15.4 Å². The van der Waals surface area contributed by atoms with E-state index in [9.17, 15) is 14.4 Å². The van der Waals surface area contributed by atoms with Crippen molar-refractivity contribution in [1.82, 2.24) is 4.90 Å². The van der Waals surface area contributed by atoms with Gasteiger partial charge in [0.15, 0.2) is 6.61 Å². The molecule has 2 atom stereocenters. The van der Waals surface area contributed by atoms with Gasteiger partial charge in [-0.25, -0.2) is 4.79 Å². The molecule has 124 valence electrons. The minimum Gasteiger partial charge on any atom is -0.452 e. The summed E-state index contributed by atoms with van der Waals surface area (Å²) in [6.07, 6.45) is 3.05. The number of nitrogens with zero attached hydrogens (tertiary/aromatic N) is 1. The fourth-order valence-corrected chi connectivity index (χ4v) is 2.97. The molecular formula is C17H22N2O4. The third kappa shape index (κ3) is 4.09. The predicted octanol–water partition coefficient (Wildman–Crippen LogP) is 1.73. The van der Waals surface area contributed by atoms with E-state index in [1.54, 1.807) is 4.90 Å². The van der Waals surface area contributed by atoms with Crippen LogP contribution in [0.2, 0.25) is 0 Å². The summed E-state index contributed by atoms with van der Waals surface area (Å²) in [6.45, 7) is 3.75. The van der Waals surface area contributed by atoms with Crippen LogP contribution in [0, 0.1) is 0 Å². The molecule has 2 rings (SSSR count). The van der Waals surface area contributed by atoms with E-state index in [4.69, 9.17) is 10.5 Å². The first kappa shape index (κ1) is 17.0. The van der Waals surface area contributed by atoms with Gasteiger partial charge in [0.05, 0.1) is 5.56 Å². The molecule has 0 aliphatic carbocycles. The minimum atomic E-state index is -0.591. The van der Waals surface area contributed by atoms with Gasteiger partial charge in [-0.05, 0) is 57.4 Å². The highest BCUT2D eigenvalue weighted by Gasteiger charge is 2.29. The second-order valence-electron chi connectivity index (χ2n) is 5.95. The van der Waals surface area contributed by atoms with Crippen LogP contribution in [0.4, 0.5) is 0 Å². The molecule has 1 saturated heterocycles. The van der Waals surface area contributed by atoms with Crippen molar-refractivity contribution in [3.63, 3.8) is 0 Å². The van der Waals surface area contributed by atoms with Crippen LogP contribution < -0.4 is 5.73 Å². The lowest BCUT2D eigenvalue weighted by Crippen LogP contribution is -2.49. The van der Waals surface area contributed by atoms with Crippen LogP contribution in [0.3, 0.4) is 0 Å². The van der Waals surface area contributed by atoms with Gasteiger partial charge in [-0.2, -0.15) is 0 Å². The van der Waals surface area contributed by atoms with Crippen molar-refractivity contribution < 1.29 is 19.1 Å². The Kier molecular flexibility index (Phi) is 5.36. The third-order valence-corrected chi connectivity index (χ3v) is 4.21. The number of hydrogen-bond acceptors (Lipinski definition) is 4. The zero-order chi connectivity index (χ0) is 17.0. The Bertz CT molecular complexity index is 587. The summed E-state index contributed by atoms with van der Waals surface area (Å²) >= 11 is 0. The maximum absolute atomic E-state index is 12.3. The average molecular weight is 318 g/mol. The zero-order valence-corrected chi connectivity index (χ0v) is 13.5. The third-order valence-electron chi connectivity index (χ3n) is 4.21. The maximum atomic E-state index is 12.3. The average Bonchev–Trinajstić information content (AvgIpc) is 2.52. The Morgan fingerprint density at radius 3 is 2.13 bits per heavy atom. The number of carbonyl (C=O) groups excluding carboxylic acids is 3. The van der Waals surface area contributed by atoms with Crippen molar-refractivity contribution in [3.8, 4) is 0 Å². The topological polar surface area (TPSA) is 89.7 Å². The molecule has 23 heavy (non-hydrogen) atoms. The summed E-state index contributed by atoms with van der Waals surface area (Å²) in [6, 6.07) is 6.16. The van der Waals surface area contributed by atoms with E-state index in [2.05, 4.69) is 0 Å². The van der Waals surface area contributed by atoms with Gasteiger partial charge in [-0.3, -0.25) is 9.59 Å². The van der Waals surface area contributed by atoms with Crippen molar-refractivity contribution in [3.05, 3.63) is 35.4 Å². The molecule has 1 aromatic carbocycles. The van der Waals surface area contributed by atoms with E-state index in [1.165, 1.54) is 24.3 Å². The fourth-order valence-electron chi connectivity index (χ4n) is 2.97. The SMILES string of the molecule is CC1CCCC(C)N1C(=O)COC(=O)c1ccc(C(N)=O)cc1. The van der Waals surface area contributed by atoms with Gasteiger partial charge in [0.2, 0.25) is 5.91 Å². The van der Waals surface area contributed by atoms with Gasteiger partial charge in [-0.15, -0.1) is 0 Å². The molecule has 1 heterocycles. The number of piperidine rings is 1. The Hall–Kier alpha value is -2.37. The highest BCUT2D eigenvalue weighted by Crippen LogP contribution is 2.22. The number of esters is 1. The Balaban J connectivity index is 1.93. The van der Waals surface area contributed by atoms with Gasteiger partial charge in [0, 0.05) is 17.6 Å². The van der Waals surface area contributed by atoms with Crippen LogP contribution >= 0.6 is 0 Å². The second-order valence-corrected chi connectivity index (χ2v) is 5.95. The first-order chi connectivity index (χ1) is 10.9. The number of hydrogen-bond donors (Lipinski definition) is 1. The smallest absolute Gasteiger partial charge is 0.338 e. The predicted molar refractivity (Wildman–Crippen MR) is 84.9 cm³/mol. The van der Waals surface area contributed by atoms with E-state index in [0.717, 1.165) is 19.3 Å². The largest absolute Gasteiger partial charge is 0.452 e. The number of benzene rings is 1. The van der Waals surface area contributed by atoms with Crippen molar-refractivity contribution in [2.45, 2.75) is 45.2 Å². The molecule has 2 unspecified atom stereocenters. The molecule has 6 heteroatoms. The number of amides is 2. The van der Waals surface area contributed by atoms with E-state index in [0.29, 0.717) is 5.56 Å². The molecule has 0 radical (unpaired) electrons. The van der Waals surface area contributed by atoms with Crippen LogP contribution in [0.25, 0.3) is 0 Å². The Morgan fingerprint density at radius 2 is 1.61 bits per heavy atom. The van der Waals surface area contributed by atoms with E-state index < -0.39 is 11.9 Å². The van der Waals surface area contributed by atoms with Crippen molar-refractivity contribution >= 4 is 17.8 Å². The molecule has 1 aromatic rings. The molecule has 0 spiro atoms. The van der Waals surface area contributed by atoms with Crippen molar-refractivity contribution in [2.24, 2.45) is 5.73 Å². The summed E-state index contributed by atoms with van der Waals surface area (Å²) < 4.78 is 5.09. The first-order valence-corrected chi connectivity index (χ1v) is 7.78. The zero-order valence-electron chi connectivity index (χ0n) is 13.5. The van der Waals surface area contributed by atoms with E-state index in [1.807, 2.05) is 13.8 Å². The van der Waals surface area contributed by atoms with Crippen LogP contribution in [0.5, 0.6) is 0 Å². The monoisotopic (exact) mass is 318 g/mol. The normalized spacial score (nSPS) is 20.9. The van der Waals surface area contributed by atoms with Crippen LogP contribution in [-0.4, -0.2) is 41.4 Å². The summed E-state index contributed by atoms with van der Waals surface area (Å²) in [7, 11) is 0. The molecule has 6 nitrogen and oxygen atoms in total. The summed E-state index contributed by atoms with van der Waals surface area (Å²) in [4.78, 5) is 37.0. The second kappa shape index (κ2) is 7.26. The van der Waals surface area contributed by atoms with Crippen LogP contribution in [0.15, 0.2) is 24.3 Å². The molecule has 2 N–H and O–H groups in total. The summed E-state index contributed by atoms with van der Waals surface area (Å²) in [5, 5.41) is 0. The highest BCUT2D eigenvalue weighted by molar-refractivity contribution is 5.95. The first-order valence-electron chi connectivity index (χ1n) is 7.78. The summed E-state index contributed by atoms with van der Waals surface area (Å²) in [5.41, 5.74) is 5.74. The quantitative estimate of drug-likeness (QED) is 0.856. The molecule has 1 aliphatic heterocycles. The van der Waals surface area contributed by atoms with Crippen molar-refractivity contribution in [1.29, 1.82) is 0 Å². The van der Waals surface area contributed by atoms with Gasteiger partial charge in [0.25, 0.3) is 5.91 Å². The molecule has 0 aromatic heterocycles. The molecule has 1 aliphatic rings. The summed E-state index contributed by atoms with van der Waals surface area (Å²) in [5.74, 6) is -1.33. The lowest BCUT2D eigenvalue weighted by atomic mass is 9.97. The lowest BCUT2D eigenvalue weighted by molar-refractivity contribution is -0.140. The van der Waals surface area contributed by atoms with Gasteiger partial charge >= 0.3 is 5.97 Å². The number of rotatable bonds is 4. The molecular weight excluding hydrogens is 296 g/mol. The van der Waals surface area contributed by atoms with Crippen LogP contribution in [-0.2, 0) is 9.53 Å². The standard InChI is InChI=1S/C17H22N2O4/c1-11-4-3-5-12(2)19(11)15(20)10-23-17(22)14-8-6-13(7-9-14)16(18)21/h6-9,11-12H,3-5,10H2,1-2H3,(H2,18,21).